The maximum Gasteiger partial charge on any atom is 0.277 e. The van der Waals surface area contributed by atoms with E-state index in [1.807, 2.05) is 27.7 Å². The lowest BCUT2D eigenvalue weighted by atomic mass is 10.1. The van der Waals surface area contributed by atoms with Crippen LogP contribution in [0.15, 0.2) is 24.3 Å². The van der Waals surface area contributed by atoms with Gasteiger partial charge in [0.25, 0.3) is 5.69 Å². The first-order valence-corrected chi connectivity index (χ1v) is 5.96. The molecule has 5 nitrogen and oxygen atoms in total. The molecule has 1 rings (SSSR count). The van der Waals surface area contributed by atoms with Crippen LogP contribution in [-0.4, -0.2) is 17.1 Å². The minimum atomic E-state index is -0.716. The Morgan fingerprint density at radius 1 is 1.06 bits per heavy atom. The van der Waals surface area contributed by atoms with Gasteiger partial charge in [-0.05, 0) is 33.8 Å². The van der Waals surface area contributed by atoms with Gasteiger partial charge in [-0.15, -0.1) is 0 Å². The van der Waals surface area contributed by atoms with Crippen molar-refractivity contribution in [3.05, 3.63) is 39.9 Å². The molecular formula is C13H19NO4. The van der Waals surface area contributed by atoms with E-state index >= 15 is 0 Å². The molecule has 100 valence electrons. The number of hydrogen-bond acceptors (Lipinski definition) is 4. The molecule has 0 heterocycles. The van der Waals surface area contributed by atoms with E-state index < -0.39 is 11.2 Å². The summed E-state index contributed by atoms with van der Waals surface area (Å²) in [5, 5.41) is 11.0. The Morgan fingerprint density at radius 2 is 1.56 bits per heavy atom. The molecule has 0 spiro atoms. The Hall–Kier alpha value is -1.46. The smallest absolute Gasteiger partial charge is 0.277 e. The highest BCUT2D eigenvalue weighted by Gasteiger charge is 2.24. The fraction of sp³-hybridized carbons (Fsp3) is 0.538. The summed E-state index contributed by atoms with van der Waals surface area (Å²) in [6.07, 6.45) is -0.867. The van der Waals surface area contributed by atoms with Crippen molar-refractivity contribution >= 4 is 5.69 Å². The molecule has 0 atom stereocenters. The van der Waals surface area contributed by atoms with Gasteiger partial charge in [-0.3, -0.25) is 10.1 Å². The molecule has 0 aromatic heterocycles. The molecule has 18 heavy (non-hydrogen) atoms. The second-order valence-electron chi connectivity index (χ2n) is 4.52. The molecule has 0 saturated carbocycles. The highest BCUT2D eigenvalue weighted by atomic mass is 16.7. The van der Waals surface area contributed by atoms with E-state index in [9.17, 15) is 10.1 Å². The fourth-order valence-corrected chi connectivity index (χ4v) is 1.53. The van der Waals surface area contributed by atoms with Crippen molar-refractivity contribution in [3.63, 3.8) is 0 Å². The van der Waals surface area contributed by atoms with Crippen LogP contribution in [0.2, 0.25) is 0 Å². The van der Waals surface area contributed by atoms with Gasteiger partial charge >= 0.3 is 0 Å². The highest BCUT2D eigenvalue weighted by Crippen LogP contribution is 2.30. The third-order valence-electron chi connectivity index (χ3n) is 2.18. The number of benzene rings is 1. The number of nitrogens with zero attached hydrogens (tertiary/aromatic N) is 1. The predicted octanol–water partition coefficient (Wildman–Crippen LogP) is 3.44. The first-order chi connectivity index (χ1) is 8.41. The number of nitro groups is 1. The number of nitro benzene ring substituents is 1. The summed E-state index contributed by atoms with van der Waals surface area (Å²) < 4.78 is 11.2. The van der Waals surface area contributed by atoms with Crippen molar-refractivity contribution in [2.45, 2.75) is 46.2 Å². The average Bonchev–Trinajstić information content (AvgIpc) is 2.26. The molecule has 0 aliphatic rings. The first-order valence-electron chi connectivity index (χ1n) is 5.96. The van der Waals surface area contributed by atoms with Crippen LogP contribution >= 0.6 is 0 Å². The largest absolute Gasteiger partial charge is 0.345 e. The molecule has 0 radical (unpaired) electrons. The van der Waals surface area contributed by atoms with Gasteiger partial charge in [0.05, 0.1) is 22.7 Å². The van der Waals surface area contributed by atoms with Gasteiger partial charge in [0.2, 0.25) is 0 Å². The molecule has 5 heteroatoms. The molecule has 0 aliphatic heterocycles. The van der Waals surface area contributed by atoms with Gasteiger partial charge in [0.15, 0.2) is 6.29 Å². The topological polar surface area (TPSA) is 61.6 Å². The van der Waals surface area contributed by atoms with E-state index in [4.69, 9.17) is 9.47 Å². The molecule has 0 N–H and O–H groups in total. The van der Waals surface area contributed by atoms with Crippen LogP contribution < -0.4 is 0 Å². The molecule has 1 aromatic rings. The number of para-hydroxylation sites is 1. The van der Waals surface area contributed by atoms with Gasteiger partial charge in [-0.25, -0.2) is 0 Å². The number of hydrogen-bond donors (Lipinski definition) is 0. The first kappa shape index (κ1) is 14.6. The minimum absolute atomic E-state index is 0.0174. The van der Waals surface area contributed by atoms with E-state index in [1.165, 1.54) is 6.07 Å². The van der Waals surface area contributed by atoms with Gasteiger partial charge in [-0.2, -0.15) is 0 Å². The zero-order chi connectivity index (χ0) is 13.7. The lowest BCUT2D eigenvalue weighted by Crippen LogP contribution is -2.18. The quantitative estimate of drug-likeness (QED) is 0.442. The zero-order valence-electron chi connectivity index (χ0n) is 11.1. The third kappa shape index (κ3) is 4.09. The van der Waals surface area contributed by atoms with Crippen molar-refractivity contribution in [2.75, 3.05) is 0 Å². The summed E-state index contributed by atoms with van der Waals surface area (Å²) in [4.78, 5) is 10.6. The van der Waals surface area contributed by atoms with Crippen molar-refractivity contribution in [3.8, 4) is 0 Å². The monoisotopic (exact) mass is 253 g/mol. The predicted molar refractivity (Wildman–Crippen MR) is 68.3 cm³/mol. The summed E-state index contributed by atoms with van der Waals surface area (Å²) in [5.41, 5.74) is 0.466. The Bertz CT molecular complexity index is 394. The van der Waals surface area contributed by atoms with Crippen LogP contribution in [-0.2, 0) is 9.47 Å². The fourth-order valence-electron chi connectivity index (χ4n) is 1.53. The lowest BCUT2D eigenvalue weighted by molar-refractivity contribution is -0.387. The summed E-state index contributed by atoms with van der Waals surface area (Å²) >= 11 is 0. The van der Waals surface area contributed by atoms with Gasteiger partial charge in [0.1, 0.15) is 0 Å². The Balaban J connectivity index is 3.07. The van der Waals surface area contributed by atoms with Crippen LogP contribution in [0.3, 0.4) is 0 Å². The lowest BCUT2D eigenvalue weighted by Gasteiger charge is -2.23. The molecule has 0 fully saturated rings. The summed E-state index contributed by atoms with van der Waals surface area (Å²) in [6.45, 7) is 7.47. The van der Waals surface area contributed by atoms with Crippen LogP contribution in [0.1, 0.15) is 39.5 Å². The molecule has 0 aliphatic carbocycles. The maximum absolute atomic E-state index is 11.0. The zero-order valence-corrected chi connectivity index (χ0v) is 11.1. The third-order valence-corrected chi connectivity index (χ3v) is 2.18. The molecule has 0 unspecified atom stereocenters. The summed E-state index contributed by atoms with van der Waals surface area (Å²) in [6, 6.07) is 6.48. The maximum atomic E-state index is 11.0. The number of rotatable bonds is 6. The van der Waals surface area contributed by atoms with Gasteiger partial charge < -0.3 is 9.47 Å². The highest BCUT2D eigenvalue weighted by molar-refractivity contribution is 5.40. The van der Waals surface area contributed by atoms with E-state index in [-0.39, 0.29) is 17.9 Å². The van der Waals surface area contributed by atoms with E-state index in [1.54, 1.807) is 18.2 Å². The van der Waals surface area contributed by atoms with Crippen molar-refractivity contribution in [1.29, 1.82) is 0 Å². The molecule has 0 bridgehead atoms. The average molecular weight is 253 g/mol. The summed E-state index contributed by atoms with van der Waals surface area (Å²) in [7, 11) is 0. The second-order valence-corrected chi connectivity index (χ2v) is 4.52. The van der Waals surface area contributed by atoms with E-state index in [0.717, 1.165) is 0 Å². The second kappa shape index (κ2) is 6.47. The van der Waals surface area contributed by atoms with Crippen molar-refractivity contribution in [1.82, 2.24) is 0 Å². The van der Waals surface area contributed by atoms with Gasteiger partial charge in [0, 0.05) is 6.07 Å². The van der Waals surface area contributed by atoms with Crippen LogP contribution in [0.4, 0.5) is 5.69 Å². The summed E-state index contributed by atoms with van der Waals surface area (Å²) in [5.74, 6) is 0. The molecule has 0 amide bonds. The van der Waals surface area contributed by atoms with Crippen LogP contribution in [0.25, 0.3) is 0 Å². The number of ether oxygens (including phenoxy) is 2. The minimum Gasteiger partial charge on any atom is -0.345 e. The van der Waals surface area contributed by atoms with Crippen LogP contribution in [0.5, 0.6) is 0 Å². The molecule has 0 saturated heterocycles. The SMILES string of the molecule is CC(C)OC(OC(C)C)c1ccccc1[N+](=O)[O-]. The van der Waals surface area contributed by atoms with E-state index in [2.05, 4.69) is 0 Å². The van der Waals surface area contributed by atoms with E-state index in [0.29, 0.717) is 5.56 Å². The van der Waals surface area contributed by atoms with Crippen LogP contribution in [0, 0.1) is 10.1 Å². The molecule has 1 aromatic carbocycles. The Morgan fingerprint density at radius 3 is 2.00 bits per heavy atom. The van der Waals surface area contributed by atoms with Gasteiger partial charge in [-0.1, -0.05) is 12.1 Å². The normalized spacial score (nSPS) is 11.5. The Kier molecular flexibility index (Phi) is 5.25. The van der Waals surface area contributed by atoms with Crippen molar-refractivity contribution in [2.24, 2.45) is 0 Å². The van der Waals surface area contributed by atoms with Crippen molar-refractivity contribution < 1.29 is 14.4 Å². The molecular weight excluding hydrogens is 234 g/mol. The standard InChI is InChI=1S/C13H19NO4/c1-9(2)17-13(18-10(3)4)11-7-5-6-8-12(11)14(15)16/h5-10,13H,1-4H3. The Labute approximate surface area is 107 Å².